The molecule has 1 heterocycles. The van der Waals surface area contributed by atoms with Crippen LogP contribution in [-0.4, -0.2) is 19.8 Å². The van der Waals surface area contributed by atoms with Gasteiger partial charge in [-0.25, -0.2) is 0 Å². The Bertz CT molecular complexity index is 427. The molecule has 1 saturated heterocycles. The Balaban J connectivity index is 2.35. The third kappa shape index (κ3) is 2.45. The largest absolute Gasteiger partial charge is 0.378 e. The van der Waals surface area contributed by atoms with Gasteiger partial charge in [0, 0.05) is 18.6 Å². The number of aryl methyl sites for hydroxylation is 3. The monoisotopic (exact) mass is 247 g/mol. The van der Waals surface area contributed by atoms with Crippen molar-refractivity contribution in [3.8, 4) is 0 Å². The highest BCUT2D eigenvalue weighted by atomic mass is 16.5. The van der Waals surface area contributed by atoms with Crippen molar-refractivity contribution in [1.29, 1.82) is 0 Å². The molecule has 0 bridgehead atoms. The molecule has 1 aromatic rings. The standard InChI is InChI=1S/C16H25NO/c1-10-8-12(3)15(9-11(10)2)16(17-5)14-6-7-18-13(14)4/h8-9,13-14,16-17H,6-7H2,1-5H3. The number of nitrogens with one attached hydrogen (secondary N) is 1. The van der Waals surface area contributed by atoms with Crippen molar-refractivity contribution in [1.82, 2.24) is 5.32 Å². The zero-order chi connectivity index (χ0) is 13.3. The summed E-state index contributed by atoms with van der Waals surface area (Å²) in [5, 5.41) is 3.50. The summed E-state index contributed by atoms with van der Waals surface area (Å²) in [5.74, 6) is 0.579. The van der Waals surface area contributed by atoms with Crippen LogP contribution in [0, 0.1) is 26.7 Å². The molecular formula is C16H25NO. The van der Waals surface area contributed by atoms with Gasteiger partial charge in [-0.15, -0.1) is 0 Å². The fraction of sp³-hybridized carbons (Fsp3) is 0.625. The van der Waals surface area contributed by atoms with Crippen molar-refractivity contribution < 1.29 is 4.74 Å². The van der Waals surface area contributed by atoms with Crippen molar-refractivity contribution in [2.45, 2.75) is 46.3 Å². The molecule has 1 aliphatic rings. The summed E-state index contributed by atoms with van der Waals surface area (Å²) in [6.07, 6.45) is 1.50. The lowest BCUT2D eigenvalue weighted by Gasteiger charge is -2.28. The minimum Gasteiger partial charge on any atom is -0.378 e. The van der Waals surface area contributed by atoms with Crippen LogP contribution in [0.1, 0.15) is 41.6 Å². The molecule has 1 aliphatic heterocycles. The first kappa shape index (κ1) is 13.6. The molecule has 3 unspecified atom stereocenters. The Hall–Kier alpha value is -0.860. The average molecular weight is 247 g/mol. The summed E-state index contributed by atoms with van der Waals surface area (Å²) in [6, 6.07) is 5.05. The predicted octanol–water partition coefficient (Wildman–Crippen LogP) is 3.30. The van der Waals surface area contributed by atoms with Crippen molar-refractivity contribution >= 4 is 0 Å². The number of benzene rings is 1. The van der Waals surface area contributed by atoms with Gasteiger partial charge < -0.3 is 10.1 Å². The number of hydrogen-bond donors (Lipinski definition) is 1. The molecule has 2 rings (SSSR count). The van der Waals surface area contributed by atoms with E-state index in [1.165, 1.54) is 22.3 Å². The minimum absolute atomic E-state index is 0.350. The fourth-order valence-electron chi connectivity index (χ4n) is 3.10. The maximum absolute atomic E-state index is 5.72. The van der Waals surface area contributed by atoms with E-state index >= 15 is 0 Å². The van der Waals surface area contributed by atoms with Gasteiger partial charge in [-0.3, -0.25) is 0 Å². The lowest BCUT2D eigenvalue weighted by molar-refractivity contribution is 0.0962. The predicted molar refractivity (Wildman–Crippen MR) is 76.0 cm³/mol. The zero-order valence-corrected chi connectivity index (χ0v) is 12.2. The summed E-state index contributed by atoms with van der Waals surface area (Å²) in [7, 11) is 2.06. The van der Waals surface area contributed by atoms with Crippen LogP contribution in [0.4, 0.5) is 0 Å². The summed E-state index contributed by atoms with van der Waals surface area (Å²) in [6.45, 7) is 9.68. The Labute approximate surface area is 111 Å². The molecule has 1 N–H and O–H groups in total. The highest BCUT2D eigenvalue weighted by molar-refractivity contribution is 5.38. The van der Waals surface area contributed by atoms with Gasteiger partial charge in [0.05, 0.1) is 6.10 Å². The lowest BCUT2D eigenvalue weighted by Crippen LogP contribution is -2.30. The molecule has 0 amide bonds. The van der Waals surface area contributed by atoms with E-state index in [2.05, 4.69) is 52.2 Å². The van der Waals surface area contributed by atoms with Crippen molar-refractivity contribution in [2.75, 3.05) is 13.7 Å². The van der Waals surface area contributed by atoms with E-state index in [4.69, 9.17) is 4.74 Å². The quantitative estimate of drug-likeness (QED) is 0.885. The van der Waals surface area contributed by atoms with Crippen LogP contribution in [-0.2, 0) is 4.74 Å². The second-order valence-electron chi connectivity index (χ2n) is 5.59. The van der Waals surface area contributed by atoms with E-state index in [-0.39, 0.29) is 0 Å². The van der Waals surface area contributed by atoms with Gasteiger partial charge in [-0.1, -0.05) is 12.1 Å². The second-order valence-corrected chi connectivity index (χ2v) is 5.59. The van der Waals surface area contributed by atoms with Crippen LogP contribution in [0.15, 0.2) is 12.1 Å². The maximum Gasteiger partial charge on any atom is 0.0594 e. The third-order valence-electron chi connectivity index (χ3n) is 4.39. The van der Waals surface area contributed by atoms with Gasteiger partial charge in [0.2, 0.25) is 0 Å². The maximum atomic E-state index is 5.72. The Morgan fingerprint density at radius 2 is 1.83 bits per heavy atom. The van der Waals surface area contributed by atoms with Crippen molar-refractivity contribution in [3.63, 3.8) is 0 Å². The fourth-order valence-corrected chi connectivity index (χ4v) is 3.10. The van der Waals surface area contributed by atoms with Gasteiger partial charge in [-0.05, 0) is 63.4 Å². The van der Waals surface area contributed by atoms with Crippen LogP contribution >= 0.6 is 0 Å². The molecule has 1 fully saturated rings. The molecule has 100 valence electrons. The smallest absolute Gasteiger partial charge is 0.0594 e. The van der Waals surface area contributed by atoms with Crippen LogP contribution in [0.25, 0.3) is 0 Å². The molecule has 0 aromatic heterocycles. The van der Waals surface area contributed by atoms with Gasteiger partial charge in [0.25, 0.3) is 0 Å². The van der Waals surface area contributed by atoms with Crippen molar-refractivity contribution in [2.24, 2.45) is 5.92 Å². The first-order valence-corrected chi connectivity index (χ1v) is 6.91. The Morgan fingerprint density at radius 3 is 2.39 bits per heavy atom. The summed E-state index contributed by atoms with van der Waals surface area (Å²) < 4.78 is 5.72. The van der Waals surface area contributed by atoms with E-state index in [9.17, 15) is 0 Å². The van der Waals surface area contributed by atoms with Crippen LogP contribution < -0.4 is 5.32 Å². The topological polar surface area (TPSA) is 21.3 Å². The summed E-state index contributed by atoms with van der Waals surface area (Å²) in [4.78, 5) is 0. The second kappa shape index (κ2) is 5.41. The Kier molecular flexibility index (Phi) is 4.08. The van der Waals surface area contributed by atoms with E-state index in [1.807, 2.05) is 0 Å². The molecule has 18 heavy (non-hydrogen) atoms. The van der Waals surface area contributed by atoms with Crippen LogP contribution in [0.5, 0.6) is 0 Å². The minimum atomic E-state index is 0.350. The van der Waals surface area contributed by atoms with Crippen LogP contribution in [0.2, 0.25) is 0 Å². The molecule has 0 spiro atoms. The highest BCUT2D eigenvalue weighted by Gasteiger charge is 2.32. The lowest BCUT2D eigenvalue weighted by atomic mass is 9.85. The molecular weight excluding hydrogens is 222 g/mol. The SMILES string of the molecule is CNC(c1cc(C)c(C)cc1C)C1CCOC1C. The van der Waals surface area contributed by atoms with E-state index in [0.29, 0.717) is 18.1 Å². The number of hydrogen-bond acceptors (Lipinski definition) is 2. The summed E-state index contributed by atoms with van der Waals surface area (Å²) >= 11 is 0. The van der Waals surface area contributed by atoms with Gasteiger partial charge in [0.1, 0.15) is 0 Å². The molecule has 0 radical (unpaired) electrons. The van der Waals surface area contributed by atoms with Crippen LogP contribution in [0.3, 0.4) is 0 Å². The molecule has 3 atom stereocenters. The first-order valence-electron chi connectivity index (χ1n) is 6.91. The summed E-state index contributed by atoms with van der Waals surface area (Å²) in [5.41, 5.74) is 5.57. The number of rotatable bonds is 3. The molecule has 2 nitrogen and oxygen atoms in total. The van der Waals surface area contributed by atoms with Gasteiger partial charge in [-0.2, -0.15) is 0 Å². The average Bonchev–Trinajstić information content (AvgIpc) is 2.73. The zero-order valence-electron chi connectivity index (χ0n) is 12.2. The number of ether oxygens (including phenoxy) is 1. The van der Waals surface area contributed by atoms with E-state index in [0.717, 1.165) is 13.0 Å². The van der Waals surface area contributed by atoms with Gasteiger partial charge >= 0.3 is 0 Å². The normalized spacial score (nSPS) is 25.4. The first-order chi connectivity index (χ1) is 8.54. The molecule has 0 saturated carbocycles. The van der Waals surface area contributed by atoms with Crippen molar-refractivity contribution in [3.05, 3.63) is 34.4 Å². The molecule has 1 aromatic carbocycles. The molecule has 2 heteroatoms. The third-order valence-corrected chi connectivity index (χ3v) is 4.39. The molecule has 0 aliphatic carbocycles. The highest BCUT2D eigenvalue weighted by Crippen LogP contribution is 2.35. The Morgan fingerprint density at radius 1 is 1.17 bits per heavy atom. The van der Waals surface area contributed by atoms with Gasteiger partial charge in [0.15, 0.2) is 0 Å². The van der Waals surface area contributed by atoms with E-state index < -0.39 is 0 Å². The van der Waals surface area contributed by atoms with E-state index in [1.54, 1.807) is 0 Å².